The zero-order valence-corrected chi connectivity index (χ0v) is 18.8. The molecule has 3 N–H and O–H groups in total. The van der Waals surface area contributed by atoms with Crippen LogP contribution in [-0.2, 0) is 11.3 Å². The van der Waals surface area contributed by atoms with Crippen molar-refractivity contribution in [2.75, 3.05) is 31.5 Å². The Hall–Kier alpha value is -1.88. The number of benzene rings is 2. The fraction of sp³-hybridized carbons (Fsp3) is 0.458. The highest BCUT2D eigenvalue weighted by Gasteiger charge is 2.31. The average molecular weight is 416 g/mol. The summed E-state index contributed by atoms with van der Waals surface area (Å²) in [5, 5.41) is 4.03. The number of halogens is 1. The normalized spacial score (nSPS) is 20.5. The molecule has 1 fully saturated rings. The lowest BCUT2D eigenvalue weighted by molar-refractivity contribution is -1.02. The van der Waals surface area contributed by atoms with E-state index in [1.165, 1.54) is 16.0 Å². The number of carbonyl (C=O) groups is 1. The zero-order chi connectivity index (χ0) is 21.0. The minimum Gasteiger partial charge on any atom is -0.322 e. The van der Waals surface area contributed by atoms with Gasteiger partial charge in [0.25, 0.3) is 5.91 Å². The van der Waals surface area contributed by atoms with E-state index in [4.69, 9.17) is 11.6 Å². The van der Waals surface area contributed by atoms with Gasteiger partial charge in [0.05, 0.1) is 0 Å². The van der Waals surface area contributed by atoms with Gasteiger partial charge in [-0.1, -0.05) is 55.8 Å². The third kappa shape index (κ3) is 5.59. The Morgan fingerprint density at radius 2 is 1.76 bits per heavy atom. The lowest BCUT2D eigenvalue weighted by atomic mass is 9.98. The van der Waals surface area contributed by atoms with Crippen molar-refractivity contribution in [2.45, 2.75) is 46.2 Å². The summed E-state index contributed by atoms with van der Waals surface area (Å²) in [4.78, 5) is 15.9. The van der Waals surface area contributed by atoms with E-state index >= 15 is 0 Å². The Morgan fingerprint density at radius 3 is 2.41 bits per heavy atom. The third-order valence-electron chi connectivity index (χ3n) is 6.12. The van der Waals surface area contributed by atoms with Crippen LogP contribution < -0.4 is 15.1 Å². The molecule has 0 aliphatic carbocycles. The Labute approximate surface area is 179 Å². The second-order valence-corrected chi connectivity index (χ2v) is 9.06. The molecule has 0 radical (unpaired) electrons. The van der Waals surface area contributed by atoms with Crippen LogP contribution in [0.5, 0.6) is 0 Å². The molecule has 0 saturated carbocycles. The van der Waals surface area contributed by atoms with Gasteiger partial charge in [0.1, 0.15) is 32.7 Å². The molecule has 1 heterocycles. The molecule has 0 bridgehead atoms. The van der Waals surface area contributed by atoms with Crippen molar-refractivity contribution in [3.63, 3.8) is 0 Å². The molecule has 0 aromatic heterocycles. The van der Waals surface area contributed by atoms with E-state index in [2.05, 4.69) is 63.3 Å². The number of aryl methyl sites for hydroxylation is 1. The molecule has 3 rings (SSSR count). The predicted molar refractivity (Wildman–Crippen MR) is 120 cm³/mol. The molecular weight excluding hydrogens is 382 g/mol. The summed E-state index contributed by atoms with van der Waals surface area (Å²) in [6.07, 6.45) is 0. The van der Waals surface area contributed by atoms with E-state index < -0.39 is 0 Å². The molecule has 2 aromatic carbocycles. The minimum atomic E-state index is -0.0534. The van der Waals surface area contributed by atoms with Crippen molar-refractivity contribution in [1.29, 1.82) is 0 Å². The molecule has 1 atom stereocenters. The van der Waals surface area contributed by atoms with Crippen LogP contribution >= 0.6 is 11.6 Å². The van der Waals surface area contributed by atoms with Crippen LogP contribution in [0, 0.1) is 6.92 Å². The molecule has 1 saturated heterocycles. The lowest BCUT2D eigenvalue weighted by Gasteiger charge is -2.33. The molecule has 1 aliphatic heterocycles. The maximum absolute atomic E-state index is 13.0. The number of hydrogen-bond donors (Lipinski definition) is 3. The van der Waals surface area contributed by atoms with Crippen LogP contribution in [-0.4, -0.2) is 38.1 Å². The van der Waals surface area contributed by atoms with Crippen LogP contribution in [0.2, 0.25) is 5.02 Å². The Bertz CT molecular complexity index is 844. The molecule has 4 nitrogen and oxygen atoms in total. The highest BCUT2D eigenvalue weighted by Crippen LogP contribution is 2.27. The molecule has 29 heavy (non-hydrogen) atoms. The van der Waals surface area contributed by atoms with Gasteiger partial charge < -0.3 is 15.1 Å². The van der Waals surface area contributed by atoms with Gasteiger partial charge in [-0.25, -0.2) is 0 Å². The van der Waals surface area contributed by atoms with E-state index in [-0.39, 0.29) is 11.9 Å². The van der Waals surface area contributed by atoms with Crippen LogP contribution in [0.3, 0.4) is 0 Å². The van der Waals surface area contributed by atoms with Gasteiger partial charge in [-0.2, -0.15) is 0 Å². The van der Waals surface area contributed by atoms with Crippen LogP contribution in [0.25, 0.3) is 0 Å². The first-order valence-electron chi connectivity index (χ1n) is 10.7. The Morgan fingerprint density at radius 1 is 1.07 bits per heavy atom. The van der Waals surface area contributed by atoms with Gasteiger partial charge in [0.15, 0.2) is 6.04 Å². The van der Waals surface area contributed by atoms with Crippen LogP contribution in [0.4, 0.5) is 5.69 Å². The SMILES string of the molecule is Cc1cccc(C(C)C)c1NC(=O)[C@H](C)[NH+]1CC[NH+](Cc2cccc(Cl)c2)CC1. The highest BCUT2D eigenvalue weighted by molar-refractivity contribution is 6.30. The van der Waals surface area contributed by atoms with E-state index in [1.54, 1.807) is 4.90 Å². The largest absolute Gasteiger partial charge is 0.322 e. The number of quaternary nitrogens is 2. The molecule has 2 aromatic rings. The summed E-state index contributed by atoms with van der Waals surface area (Å²) < 4.78 is 0. The summed E-state index contributed by atoms with van der Waals surface area (Å²) in [6, 6.07) is 14.3. The van der Waals surface area contributed by atoms with Gasteiger partial charge in [-0.15, -0.1) is 0 Å². The third-order valence-corrected chi connectivity index (χ3v) is 6.36. The van der Waals surface area contributed by atoms with Gasteiger partial charge in [-0.3, -0.25) is 4.79 Å². The molecule has 5 heteroatoms. The van der Waals surface area contributed by atoms with Crippen molar-refractivity contribution >= 4 is 23.2 Å². The molecule has 1 aliphatic rings. The first kappa shape index (κ1) is 21.8. The quantitative estimate of drug-likeness (QED) is 0.664. The maximum Gasteiger partial charge on any atom is 0.282 e. The summed E-state index contributed by atoms with van der Waals surface area (Å²) in [7, 11) is 0. The lowest BCUT2D eigenvalue weighted by Crippen LogP contribution is -3.29. The van der Waals surface area contributed by atoms with Crippen LogP contribution in [0.15, 0.2) is 42.5 Å². The Balaban J connectivity index is 1.57. The number of piperazine rings is 1. The number of hydrogen-bond acceptors (Lipinski definition) is 1. The van der Waals surface area contributed by atoms with Crippen molar-refractivity contribution < 1.29 is 14.6 Å². The predicted octanol–water partition coefficient (Wildman–Crippen LogP) is 2.08. The fourth-order valence-corrected chi connectivity index (χ4v) is 4.44. The van der Waals surface area contributed by atoms with E-state index in [9.17, 15) is 4.79 Å². The number of nitrogens with one attached hydrogen (secondary N) is 3. The van der Waals surface area contributed by atoms with Gasteiger partial charge in [0, 0.05) is 16.3 Å². The van der Waals surface area contributed by atoms with Crippen LogP contribution in [0.1, 0.15) is 43.4 Å². The topological polar surface area (TPSA) is 38.0 Å². The van der Waals surface area contributed by atoms with Crippen molar-refractivity contribution in [1.82, 2.24) is 0 Å². The summed E-state index contributed by atoms with van der Waals surface area (Å²) in [5.74, 6) is 0.501. The van der Waals surface area contributed by atoms with Crippen molar-refractivity contribution in [3.05, 3.63) is 64.2 Å². The molecular formula is C24H34ClN3O+2. The number of para-hydroxylation sites is 1. The minimum absolute atomic E-state index is 0.0534. The summed E-state index contributed by atoms with van der Waals surface area (Å²) >= 11 is 6.11. The van der Waals surface area contributed by atoms with Gasteiger partial charge in [-0.05, 0) is 43.0 Å². The van der Waals surface area contributed by atoms with Crippen molar-refractivity contribution in [2.24, 2.45) is 0 Å². The monoisotopic (exact) mass is 415 g/mol. The second-order valence-electron chi connectivity index (χ2n) is 8.62. The molecule has 156 valence electrons. The smallest absolute Gasteiger partial charge is 0.282 e. The van der Waals surface area contributed by atoms with E-state index in [0.717, 1.165) is 49.0 Å². The van der Waals surface area contributed by atoms with Crippen molar-refractivity contribution in [3.8, 4) is 0 Å². The molecule has 1 amide bonds. The maximum atomic E-state index is 13.0. The fourth-order valence-electron chi connectivity index (χ4n) is 4.23. The Kier molecular flexibility index (Phi) is 7.33. The average Bonchev–Trinajstić information content (AvgIpc) is 2.69. The zero-order valence-electron chi connectivity index (χ0n) is 18.0. The summed E-state index contributed by atoms with van der Waals surface area (Å²) in [5.41, 5.74) is 4.60. The number of rotatable bonds is 6. The summed E-state index contributed by atoms with van der Waals surface area (Å²) in [6.45, 7) is 13.6. The van der Waals surface area contributed by atoms with E-state index in [1.807, 2.05) is 12.1 Å². The van der Waals surface area contributed by atoms with Gasteiger partial charge >= 0.3 is 0 Å². The number of amides is 1. The standard InChI is InChI=1S/C24H32ClN3O/c1-17(2)22-10-5-7-18(3)23(22)26-24(29)19(4)28-13-11-27(12-14-28)16-20-8-6-9-21(25)15-20/h5-10,15,17,19H,11-14,16H2,1-4H3,(H,26,29)/p+2/t19-/m0/s1. The highest BCUT2D eigenvalue weighted by atomic mass is 35.5. The first-order valence-corrected chi connectivity index (χ1v) is 11.1. The number of anilines is 1. The molecule has 0 unspecified atom stereocenters. The van der Waals surface area contributed by atoms with E-state index in [0.29, 0.717) is 5.92 Å². The second kappa shape index (κ2) is 9.75. The number of carbonyl (C=O) groups excluding carboxylic acids is 1. The first-order chi connectivity index (χ1) is 13.8. The molecule has 0 spiro atoms. The van der Waals surface area contributed by atoms with Gasteiger partial charge in [0.2, 0.25) is 0 Å².